The van der Waals surface area contributed by atoms with Gasteiger partial charge in [-0.05, 0) is 23.8 Å². The number of nitrogens with one attached hydrogen (secondary N) is 1. The first-order chi connectivity index (χ1) is 13.2. The molecule has 1 saturated carbocycles. The standard InChI is InChI=1S/C20H26N6O/c1-21-20(22-11-16-10-18(16)15-6-4-3-5-7-15)25-8-9-26(19(27)14-25)17-12-23-24(2)13-17/h3-7,12-13,16,18H,8-11,14H2,1-2H3,(H,21,22). The highest BCUT2D eigenvalue weighted by molar-refractivity contribution is 5.98. The van der Waals surface area contributed by atoms with Gasteiger partial charge in [0.15, 0.2) is 5.96 Å². The first-order valence-corrected chi connectivity index (χ1v) is 9.45. The molecule has 142 valence electrons. The lowest BCUT2D eigenvalue weighted by atomic mass is 10.1. The molecule has 2 heterocycles. The molecule has 2 unspecified atom stereocenters. The molecule has 7 heteroatoms. The van der Waals surface area contributed by atoms with Crippen LogP contribution in [0.15, 0.2) is 47.7 Å². The summed E-state index contributed by atoms with van der Waals surface area (Å²) >= 11 is 0. The van der Waals surface area contributed by atoms with E-state index in [4.69, 9.17) is 0 Å². The van der Waals surface area contributed by atoms with Crippen molar-refractivity contribution in [2.75, 3.05) is 38.1 Å². The van der Waals surface area contributed by atoms with Gasteiger partial charge in [-0.15, -0.1) is 0 Å². The number of hydrogen-bond donors (Lipinski definition) is 1. The number of rotatable bonds is 4. The quantitative estimate of drug-likeness (QED) is 0.657. The summed E-state index contributed by atoms with van der Waals surface area (Å²) in [6, 6.07) is 10.7. The lowest BCUT2D eigenvalue weighted by Gasteiger charge is -2.35. The molecule has 0 spiro atoms. The Bertz CT molecular complexity index is 830. The van der Waals surface area contributed by atoms with Gasteiger partial charge in [0.2, 0.25) is 5.91 Å². The van der Waals surface area contributed by atoms with E-state index in [1.807, 2.05) is 18.1 Å². The number of carbonyl (C=O) groups excluding carboxylic acids is 1. The second kappa shape index (κ2) is 7.42. The number of aliphatic imine (C=N–C) groups is 1. The molecule has 1 aromatic heterocycles. The first kappa shape index (κ1) is 17.6. The Hall–Kier alpha value is -2.83. The molecule has 7 nitrogen and oxygen atoms in total. The molecule has 2 aromatic rings. The van der Waals surface area contributed by atoms with Gasteiger partial charge < -0.3 is 15.1 Å². The van der Waals surface area contributed by atoms with Gasteiger partial charge in [-0.3, -0.25) is 14.5 Å². The van der Waals surface area contributed by atoms with Crippen LogP contribution in [0.25, 0.3) is 0 Å². The van der Waals surface area contributed by atoms with Crippen LogP contribution in [0.4, 0.5) is 5.69 Å². The van der Waals surface area contributed by atoms with E-state index in [1.54, 1.807) is 22.8 Å². The summed E-state index contributed by atoms with van der Waals surface area (Å²) in [4.78, 5) is 20.8. The number of nitrogens with zero attached hydrogens (tertiary/aromatic N) is 5. The highest BCUT2D eigenvalue weighted by Crippen LogP contribution is 2.46. The van der Waals surface area contributed by atoms with E-state index in [-0.39, 0.29) is 5.91 Å². The highest BCUT2D eigenvalue weighted by atomic mass is 16.2. The summed E-state index contributed by atoms with van der Waals surface area (Å²) in [7, 11) is 3.64. The van der Waals surface area contributed by atoms with E-state index in [1.165, 1.54) is 12.0 Å². The molecule has 1 aliphatic heterocycles. The number of hydrogen-bond acceptors (Lipinski definition) is 3. The van der Waals surface area contributed by atoms with Gasteiger partial charge in [-0.1, -0.05) is 30.3 Å². The van der Waals surface area contributed by atoms with Crippen molar-refractivity contribution in [1.29, 1.82) is 0 Å². The molecule has 4 rings (SSSR count). The lowest BCUT2D eigenvalue weighted by Crippen LogP contribution is -2.55. The van der Waals surface area contributed by atoms with Crippen LogP contribution in [-0.4, -0.2) is 59.8 Å². The fraction of sp³-hybridized carbons (Fsp3) is 0.450. The molecule has 0 bridgehead atoms. The van der Waals surface area contributed by atoms with Crippen LogP contribution in [0.2, 0.25) is 0 Å². The minimum Gasteiger partial charge on any atom is -0.356 e. The largest absolute Gasteiger partial charge is 0.356 e. The van der Waals surface area contributed by atoms with E-state index in [9.17, 15) is 4.79 Å². The number of guanidine groups is 1. The Morgan fingerprint density at radius 1 is 1.30 bits per heavy atom. The van der Waals surface area contributed by atoms with E-state index in [2.05, 4.69) is 45.7 Å². The lowest BCUT2D eigenvalue weighted by molar-refractivity contribution is -0.120. The predicted molar refractivity (Wildman–Crippen MR) is 106 cm³/mol. The molecule has 1 aliphatic carbocycles. The smallest absolute Gasteiger partial charge is 0.246 e. The van der Waals surface area contributed by atoms with E-state index >= 15 is 0 Å². The first-order valence-electron chi connectivity index (χ1n) is 9.45. The van der Waals surface area contributed by atoms with Crippen LogP contribution in [0.3, 0.4) is 0 Å². The molecule has 1 N–H and O–H groups in total. The van der Waals surface area contributed by atoms with E-state index < -0.39 is 0 Å². The zero-order valence-electron chi connectivity index (χ0n) is 15.9. The molecule has 1 saturated heterocycles. The van der Waals surface area contributed by atoms with Crippen LogP contribution >= 0.6 is 0 Å². The third kappa shape index (κ3) is 3.82. The SMILES string of the molecule is CN=C(NCC1CC1c1ccccc1)N1CCN(c2cnn(C)c2)C(=O)C1. The van der Waals surface area contributed by atoms with Crippen molar-refractivity contribution < 1.29 is 4.79 Å². The molecule has 0 radical (unpaired) electrons. The molecule has 2 aliphatic rings. The summed E-state index contributed by atoms with van der Waals surface area (Å²) in [5.74, 6) is 2.16. The van der Waals surface area contributed by atoms with Crippen molar-refractivity contribution in [2.24, 2.45) is 18.0 Å². The van der Waals surface area contributed by atoms with Crippen LogP contribution < -0.4 is 10.2 Å². The maximum Gasteiger partial charge on any atom is 0.246 e. The summed E-state index contributed by atoms with van der Waals surface area (Å²) < 4.78 is 1.72. The highest BCUT2D eigenvalue weighted by Gasteiger charge is 2.38. The summed E-state index contributed by atoms with van der Waals surface area (Å²) in [5, 5.41) is 7.63. The number of aryl methyl sites for hydroxylation is 1. The Labute approximate surface area is 159 Å². The molecule has 2 atom stereocenters. The zero-order valence-corrected chi connectivity index (χ0v) is 15.9. The van der Waals surface area contributed by atoms with Crippen molar-refractivity contribution in [1.82, 2.24) is 20.0 Å². The summed E-state index contributed by atoms with van der Waals surface area (Å²) in [6.45, 7) is 2.62. The van der Waals surface area contributed by atoms with Gasteiger partial charge in [0.1, 0.15) is 6.54 Å². The average molecular weight is 366 g/mol. The Morgan fingerprint density at radius 3 is 2.78 bits per heavy atom. The number of aromatic nitrogens is 2. The van der Waals surface area contributed by atoms with Crippen LogP contribution in [0.1, 0.15) is 17.9 Å². The minimum absolute atomic E-state index is 0.0748. The second-order valence-corrected chi connectivity index (χ2v) is 7.28. The Balaban J connectivity index is 1.30. The van der Waals surface area contributed by atoms with Crippen LogP contribution in [0.5, 0.6) is 0 Å². The van der Waals surface area contributed by atoms with Gasteiger partial charge in [-0.25, -0.2) is 0 Å². The average Bonchev–Trinajstić information content (AvgIpc) is 3.34. The van der Waals surface area contributed by atoms with Crippen molar-refractivity contribution in [3.8, 4) is 0 Å². The molecule has 1 aromatic carbocycles. The van der Waals surface area contributed by atoms with Crippen molar-refractivity contribution in [3.63, 3.8) is 0 Å². The molecule has 2 fully saturated rings. The van der Waals surface area contributed by atoms with Gasteiger partial charge in [0.25, 0.3) is 0 Å². The van der Waals surface area contributed by atoms with E-state index in [0.29, 0.717) is 24.9 Å². The summed E-state index contributed by atoms with van der Waals surface area (Å²) in [6.07, 6.45) is 4.82. The maximum absolute atomic E-state index is 12.6. The molecule has 27 heavy (non-hydrogen) atoms. The monoisotopic (exact) mass is 366 g/mol. The second-order valence-electron chi connectivity index (χ2n) is 7.28. The van der Waals surface area contributed by atoms with Crippen LogP contribution in [-0.2, 0) is 11.8 Å². The predicted octanol–water partition coefficient (Wildman–Crippen LogP) is 1.45. The zero-order chi connectivity index (χ0) is 18.8. The molecular weight excluding hydrogens is 340 g/mol. The van der Waals surface area contributed by atoms with Gasteiger partial charge in [0, 0.05) is 39.9 Å². The number of benzene rings is 1. The third-order valence-corrected chi connectivity index (χ3v) is 5.41. The van der Waals surface area contributed by atoms with Crippen molar-refractivity contribution in [2.45, 2.75) is 12.3 Å². The van der Waals surface area contributed by atoms with Crippen molar-refractivity contribution in [3.05, 3.63) is 48.3 Å². The van der Waals surface area contributed by atoms with E-state index in [0.717, 1.165) is 24.7 Å². The number of piperazine rings is 1. The van der Waals surface area contributed by atoms with Crippen LogP contribution in [0, 0.1) is 5.92 Å². The number of anilines is 1. The van der Waals surface area contributed by atoms with Crippen molar-refractivity contribution >= 4 is 17.6 Å². The number of carbonyl (C=O) groups is 1. The molecular formula is C20H26N6O. The maximum atomic E-state index is 12.6. The van der Waals surface area contributed by atoms with Gasteiger partial charge in [-0.2, -0.15) is 5.10 Å². The fourth-order valence-electron chi connectivity index (χ4n) is 3.81. The van der Waals surface area contributed by atoms with Gasteiger partial charge >= 0.3 is 0 Å². The normalized spacial score (nSPS) is 22.9. The fourth-order valence-corrected chi connectivity index (χ4v) is 3.81. The summed E-state index contributed by atoms with van der Waals surface area (Å²) in [5.41, 5.74) is 2.27. The minimum atomic E-state index is 0.0748. The number of amides is 1. The third-order valence-electron chi connectivity index (χ3n) is 5.41. The molecule has 1 amide bonds. The van der Waals surface area contributed by atoms with Gasteiger partial charge in [0.05, 0.1) is 11.9 Å². The Kier molecular flexibility index (Phi) is 4.83. The Morgan fingerprint density at radius 2 is 2.11 bits per heavy atom. The topological polar surface area (TPSA) is 65.8 Å².